The lowest BCUT2D eigenvalue weighted by molar-refractivity contribution is -0.133. The van der Waals surface area contributed by atoms with Crippen LogP contribution >= 0.6 is 11.8 Å². The van der Waals surface area contributed by atoms with Crippen LogP contribution in [0.3, 0.4) is 0 Å². The van der Waals surface area contributed by atoms with E-state index in [-0.39, 0.29) is 5.75 Å². The molecule has 3 nitrogen and oxygen atoms in total. The van der Waals surface area contributed by atoms with Gasteiger partial charge in [-0.15, -0.1) is 11.8 Å². The van der Waals surface area contributed by atoms with Gasteiger partial charge >= 0.3 is 5.97 Å². The molecule has 2 N–H and O–H groups in total. The maximum Gasteiger partial charge on any atom is 0.313 e. The van der Waals surface area contributed by atoms with Gasteiger partial charge in [-0.1, -0.05) is 6.92 Å². The van der Waals surface area contributed by atoms with Crippen LogP contribution in [0.2, 0.25) is 0 Å². The predicted octanol–water partition coefficient (Wildman–Crippen LogP) is 0.414. The molecule has 0 radical (unpaired) electrons. The molecular weight excluding hydrogens is 150 g/mol. The smallest absolute Gasteiger partial charge is 0.313 e. The summed E-state index contributed by atoms with van der Waals surface area (Å²) in [5.74, 6) is 0.354. The van der Waals surface area contributed by atoms with Gasteiger partial charge in [-0.05, 0) is 6.54 Å². The van der Waals surface area contributed by atoms with Gasteiger partial charge in [0.1, 0.15) is 0 Å². The van der Waals surface area contributed by atoms with Crippen molar-refractivity contribution in [3.8, 4) is 0 Å². The van der Waals surface area contributed by atoms with E-state index in [1.54, 1.807) is 0 Å². The summed E-state index contributed by atoms with van der Waals surface area (Å²) in [6.07, 6.45) is 0. The van der Waals surface area contributed by atoms with Gasteiger partial charge in [0, 0.05) is 12.3 Å². The number of carbonyl (C=O) groups is 1. The van der Waals surface area contributed by atoms with E-state index in [2.05, 4.69) is 5.32 Å². The maximum absolute atomic E-state index is 9.99. The van der Waals surface area contributed by atoms with Gasteiger partial charge in [-0.25, -0.2) is 0 Å². The molecule has 0 rings (SSSR count). The molecule has 0 atom stereocenters. The average Bonchev–Trinajstić information content (AvgIpc) is 1.87. The van der Waals surface area contributed by atoms with E-state index in [0.29, 0.717) is 0 Å². The lowest BCUT2D eigenvalue weighted by Crippen LogP contribution is -2.16. The second kappa shape index (κ2) is 6.89. The number of rotatable bonds is 6. The standard InChI is InChI=1S/C6H13NO2S/c1-2-7-3-4-10-5-6(8)9/h7H,2-5H2,1H3,(H,8,9). The summed E-state index contributed by atoms with van der Waals surface area (Å²) >= 11 is 1.44. The first kappa shape index (κ1) is 9.78. The molecular formula is C6H13NO2S. The highest BCUT2D eigenvalue weighted by atomic mass is 32.2. The van der Waals surface area contributed by atoms with Crippen LogP contribution in [0.25, 0.3) is 0 Å². The third-order valence-electron chi connectivity index (χ3n) is 0.899. The minimum atomic E-state index is -0.735. The van der Waals surface area contributed by atoms with Crippen LogP contribution in [0.5, 0.6) is 0 Å². The second-order valence-electron chi connectivity index (χ2n) is 1.80. The summed E-state index contributed by atoms with van der Waals surface area (Å²) in [7, 11) is 0. The Kier molecular flexibility index (Phi) is 6.74. The Hall–Kier alpha value is -0.220. The van der Waals surface area contributed by atoms with E-state index < -0.39 is 5.97 Å². The zero-order chi connectivity index (χ0) is 7.82. The van der Waals surface area contributed by atoms with Crippen LogP contribution in [0.4, 0.5) is 0 Å². The normalized spacial score (nSPS) is 9.70. The van der Waals surface area contributed by atoms with Crippen molar-refractivity contribution in [2.24, 2.45) is 0 Å². The monoisotopic (exact) mass is 163 g/mol. The van der Waals surface area contributed by atoms with Crippen molar-refractivity contribution in [1.82, 2.24) is 5.32 Å². The van der Waals surface area contributed by atoms with Gasteiger partial charge in [0.25, 0.3) is 0 Å². The zero-order valence-corrected chi connectivity index (χ0v) is 6.91. The van der Waals surface area contributed by atoms with Crippen LogP contribution in [-0.2, 0) is 4.79 Å². The molecule has 0 spiro atoms. The third-order valence-corrected chi connectivity index (χ3v) is 1.84. The lowest BCUT2D eigenvalue weighted by atomic mass is 10.7. The van der Waals surface area contributed by atoms with Crippen LogP contribution in [-0.4, -0.2) is 35.7 Å². The molecule has 0 bridgehead atoms. The molecule has 0 saturated carbocycles. The van der Waals surface area contributed by atoms with E-state index in [1.165, 1.54) is 11.8 Å². The van der Waals surface area contributed by atoms with E-state index in [1.807, 2.05) is 6.92 Å². The molecule has 0 amide bonds. The summed E-state index contributed by atoms with van der Waals surface area (Å²) in [6, 6.07) is 0. The number of carboxylic acid groups (broad SMARTS) is 1. The summed E-state index contributed by atoms with van der Waals surface area (Å²) in [5, 5.41) is 11.3. The molecule has 60 valence electrons. The SMILES string of the molecule is CCNCCSCC(=O)O. The van der Waals surface area contributed by atoms with Gasteiger partial charge in [0.15, 0.2) is 0 Å². The summed E-state index contributed by atoms with van der Waals surface area (Å²) < 4.78 is 0. The Labute approximate surface area is 65.2 Å². The number of hydrogen-bond donors (Lipinski definition) is 2. The van der Waals surface area contributed by atoms with Crippen molar-refractivity contribution in [2.45, 2.75) is 6.92 Å². The molecule has 0 aromatic carbocycles. The number of carboxylic acids is 1. The zero-order valence-electron chi connectivity index (χ0n) is 6.09. The van der Waals surface area contributed by atoms with Crippen molar-refractivity contribution in [2.75, 3.05) is 24.6 Å². The first-order valence-corrected chi connectivity index (χ1v) is 4.43. The van der Waals surface area contributed by atoms with Crippen molar-refractivity contribution >= 4 is 17.7 Å². The Bertz CT molecular complexity index is 97.7. The molecule has 0 unspecified atom stereocenters. The molecule has 10 heavy (non-hydrogen) atoms. The fourth-order valence-corrected chi connectivity index (χ4v) is 1.09. The summed E-state index contributed by atoms with van der Waals surface area (Å²) in [4.78, 5) is 9.99. The van der Waals surface area contributed by atoms with Crippen molar-refractivity contribution < 1.29 is 9.90 Å². The molecule has 4 heteroatoms. The van der Waals surface area contributed by atoms with E-state index >= 15 is 0 Å². The highest BCUT2D eigenvalue weighted by Crippen LogP contribution is 1.96. The number of hydrogen-bond acceptors (Lipinski definition) is 3. The number of aliphatic carboxylic acids is 1. The fourth-order valence-electron chi connectivity index (χ4n) is 0.481. The van der Waals surface area contributed by atoms with Gasteiger partial charge in [0.2, 0.25) is 0 Å². The van der Waals surface area contributed by atoms with Crippen molar-refractivity contribution in [3.05, 3.63) is 0 Å². The molecule has 0 aliphatic rings. The lowest BCUT2D eigenvalue weighted by Gasteiger charge is -1.98. The van der Waals surface area contributed by atoms with Crippen LogP contribution in [0.1, 0.15) is 6.92 Å². The summed E-state index contributed by atoms with van der Waals surface area (Å²) in [6.45, 7) is 3.88. The molecule has 0 aromatic heterocycles. The molecule has 0 aromatic rings. The summed E-state index contributed by atoms with van der Waals surface area (Å²) in [5.41, 5.74) is 0. The molecule has 0 fully saturated rings. The predicted molar refractivity (Wildman–Crippen MR) is 43.5 cm³/mol. The minimum Gasteiger partial charge on any atom is -0.481 e. The quantitative estimate of drug-likeness (QED) is 0.557. The largest absolute Gasteiger partial charge is 0.481 e. The molecule has 0 aliphatic heterocycles. The highest BCUT2D eigenvalue weighted by Gasteiger charge is 1.94. The Balaban J connectivity index is 2.84. The minimum absolute atomic E-state index is 0.214. The van der Waals surface area contributed by atoms with E-state index in [9.17, 15) is 4.79 Å². The first-order valence-electron chi connectivity index (χ1n) is 3.27. The van der Waals surface area contributed by atoms with Crippen molar-refractivity contribution in [1.29, 1.82) is 0 Å². The average molecular weight is 163 g/mol. The fraction of sp³-hybridized carbons (Fsp3) is 0.833. The van der Waals surface area contributed by atoms with Gasteiger partial charge in [-0.3, -0.25) is 4.79 Å². The van der Waals surface area contributed by atoms with Gasteiger partial charge in [0.05, 0.1) is 5.75 Å². The van der Waals surface area contributed by atoms with Crippen LogP contribution in [0.15, 0.2) is 0 Å². The Morgan fingerprint density at radius 3 is 2.90 bits per heavy atom. The second-order valence-corrected chi connectivity index (χ2v) is 2.91. The molecule has 0 aliphatic carbocycles. The van der Waals surface area contributed by atoms with E-state index in [0.717, 1.165) is 18.8 Å². The van der Waals surface area contributed by atoms with E-state index in [4.69, 9.17) is 5.11 Å². The maximum atomic E-state index is 9.99. The van der Waals surface area contributed by atoms with Gasteiger partial charge in [-0.2, -0.15) is 0 Å². The van der Waals surface area contributed by atoms with Crippen LogP contribution < -0.4 is 5.32 Å². The van der Waals surface area contributed by atoms with Crippen molar-refractivity contribution in [3.63, 3.8) is 0 Å². The molecule has 0 saturated heterocycles. The Morgan fingerprint density at radius 1 is 1.70 bits per heavy atom. The van der Waals surface area contributed by atoms with Crippen LogP contribution in [0, 0.1) is 0 Å². The highest BCUT2D eigenvalue weighted by molar-refractivity contribution is 7.99. The number of nitrogens with one attached hydrogen (secondary N) is 1. The third kappa shape index (κ3) is 7.78. The van der Waals surface area contributed by atoms with Gasteiger partial charge < -0.3 is 10.4 Å². The molecule has 0 heterocycles. The first-order chi connectivity index (χ1) is 4.77. The topological polar surface area (TPSA) is 49.3 Å². The number of thioether (sulfide) groups is 1. The Morgan fingerprint density at radius 2 is 2.40 bits per heavy atom.